The van der Waals surface area contributed by atoms with Gasteiger partial charge in [-0.15, -0.1) is 0 Å². The van der Waals surface area contributed by atoms with Crippen molar-refractivity contribution >= 4 is 0 Å². The lowest BCUT2D eigenvalue weighted by Gasteiger charge is -2.27. The second-order valence-corrected chi connectivity index (χ2v) is 3.98. The highest BCUT2D eigenvalue weighted by atomic mass is 14.2. The van der Waals surface area contributed by atoms with E-state index in [-0.39, 0.29) is 0 Å². The van der Waals surface area contributed by atoms with Crippen molar-refractivity contribution in [3.63, 3.8) is 0 Å². The van der Waals surface area contributed by atoms with E-state index < -0.39 is 0 Å². The van der Waals surface area contributed by atoms with Crippen LogP contribution in [0.4, 0.5) is 0 Å². The van der Waals surface area contributed by atoms with Crippen molar-refractivity contribution in [3.8, 4) is 0 Å². The highest BCUT2D eigenvalue weighted by molar-refractivity contribution is 4.80. The van der Waals surface area contributed by atoms with Crippen LogP contribution >= 0.6 is 0 Å². The maximum Gasteiger partial charge on any atom is -0.0383 e. The van der Waals surface area contributed by atoms with Gasteiger partial charge < -0.3 is 0 Å². The Kier molecular flexibility index (Phi) is 3.96. The summed E-state index contributed by atoms with van der Waals surface area (Å²) in [7, 11) is 0. The monoisotopic (exact) mass is 153 g/mol. The summed E-state index contributed by atoms with van der Waals surface area (Å²) in [5.41, 5.74) is 0. The molecule has 11 heavy (non-hydrogen) atoms. The Morgan fingerprint density at radius 2 is 2.36 bits per heavy atom. The van der Waals surface area contributed by atoms with E-state index in [1.165, 1.54) is 38.5 Å². The zero-order chi connectivity index (χ0) is 8.10. The van der Waals surface area contributed by atoms with Gasteiger partial charge in [0.1, 0.15) is 0 Å². The van der Waals surface area contributed by atoms with Gasteiger partial charge in [0.25, 0.3) is 0 Å². The standard InChI is InChI=1S/C11H21/c1-3-7-10(2)11-8-5-4-6-9-11/h5,10-11H,3-4,6-9H2,1-2H3. The number of hydrogen-bond donors (Lipinski definition) is 0. The van der Waals surface area contributed by atoms with E-state index in [1.807, 2.05) is 0 Å². The van der Waals surface area contributed by atoms with Crippen molar-refractivity contribution in [3.05, 3.63) is 6.42 Å². The van der Waals surface area contributed by atoms with E-state index in [1.54, 1.807) is 0 Å². The van der Waals surface area contributed by atoms with Crippen LogP contribution < -0.4 is 0 Å². The van der Waals surface area contributed by atoms with Crippen molar-refractivity contribution in [2.75, 3.05) is 0 Å². The smallest absolute Gasteiger partial charge is 0.0383 e. The Labute approximate surface area is 71.4 Å². The first-order valence-electron chi connectivity index (χ1n) is 5.16. The third-order valence-corrected chi connectivity index (χ3v) is 3.00. The molecular weight excluding hydrogens is 132 g/mol. The lowest BCUT2D eigenvalue weighted by molar-refractivity contribution is 0.282. The van der Waals surface area contributed by atoms with Gasteiger partial charge >= 0.3 is 0 Å². The molecule has 0 heteroatoms. The molecule has 0 amide bonds. The van der Waals surface area contributed by atoms with Crippen LogP contribution in [-0.2, 0) is 0 Å². The van der Waals surface area contributed by atoms with E-state index in [0.29, 0.717) is 0 Å². The molecule has 0 heterocycles. The van der Waals surface area contributed by atoms with Crippen LogP contribution in [0.25, 0.3) is 0 Å². The largest absolute Gasteiger partial charge is 0.0654 e. The average molecular weight is 153 g/mol. The fraction of sp³-hybridized carbons (Fsp3) is 0.909. The molecular formula is C11H21. The minimum absolute atomic E-state index is 0.969. The highest BCUT2D eigenvalue weighted by Gasteiger charge is 2.18. The summed E-state index contributed by atoms with van der Waals surface area (Å²) in [5.74, 6) is 1.99. The predicted octanol–water partition coefficient (Wildman–Crippen LogP) is 3.82. The third-order valence-electron chi connectivity index (χ3n) is 3.00. The predicted molar refractivity (Wildman–Crippen MR) is 50.3 cm³/mol. The summed E-state index contributed by atoms with van der Waals surface area (Å²) in [6.07, 6.45) is 11.0. The van der Waals surface area contributed by atoms with Crippen molar-refractivity contribution in [1.29, 1.82) is 0 Å². The Balaban J connectivity index is 2.21. The fourth-order valence-corrected chi connectivity index (χ4v) is 2.18. The van der Waals surface area contributed by atoms with Gasteiger partial charge in [0.05, 0.1) is 0 Å². The molecule has 2 atom stereocenters. The van der Waals surface area contributed by atoms with Crippen LogP contribution in [0.5, 0.6) is 0 Å². The van der Waals surface area contributed by atoms with E-state index in [2.05, 4.69) is 20.3 Å². The molecule has 2 unspecified atom stereocenters. The van der Waals surface area contributed by atoms with Gasteiger partial charge in [0.15, 0.2) is 0 Å². The molecule has 1 aliphatic rings. The van der Waals surface area contributed by atoms with E-state index in [4.69, 9.17) is 0 Å². The second kappa shape index (κ2) is 4.79. The number of rotatable bonds is 3. The molecule has 1 saturated carbocycles. The minimum atomic E-state index is 0.969. The zero-order valence-electron chi connectivity index (χ0n) is 7.97. The third kappa shape index (κ3) is 2.84. The van der Waals surface area contributed by atoms with Crippen LogP contribution in [0, 0.1) is 18.3 Å². The summed E-state index contributed by atoms with van der Waals surface area (Å²) < 4.78 is 0. The summed E-state index contributed by atoms with van der Waals surface area (Å²) in [6.45, 7) is 4.72. The Morgan fingerprint density at radius 1 is 1.55 bits per heavy atom. The van der Waals surface area contributed by atoms with Crippen LogP contribution in [0.15, 0.2) is 0 Å². The topological polar surface area (TPSA) is 0 Å². The lowest BCUT2D eigenvalue weighted by atomic mass is 9.79. The van der Waals surface area contributed by atoms with E-state index >= 15 is 0 Å². The van der Waals surface area contributed by atoms with Gasteiger partial charge in [0.2, 0.25) is 0 Å². The van der Waals surface area contributed by atoms with Crippen LogP contribution in [-0.4, -0.2) is 0 Å². The van der Waals surface area contributed by atoms with Gasteiger partial charge in [-0.2, -0.15) is 0 Å². The number of hydrogen-bond acceptors (Lipinski definition) is 0. The average Bonchev–Trinajstić information content (AvgIpc) is 2.07. The van der Waals surface area contributed by atoms with Gasteiger partial charge in [-0.05, 0) is 24.7 Å². The van der Waals surface area contributed by atoms with Crippen LogP contribution in [0.3, 0.4) is 0 Å². The summed E-state index contributed by atoms with van der Waals surface area (Å²) in [5, 5.41) is 0. The van der Waals surface area contributed by atoms with Gasteiger partial charge in [0, 0.05) is 0 Å². The normalized spacial score (nSPS) is 23.5. The molecule has 0 spiro atoms. The first kappa shape index (κ1) is 9.09. The van der Waals surface area contributed by atoms with Gasteiger partial charge in [-0.1, -0.05) is 46.0 Å². The van der Waals surface area contributed by atoms with E-state index in [9.17, 15) is 0 Å². The van der Waals surface area contributed by atoms with Gasteiger partial charge in [-0.25, -0.2) is 0 Å². The van der Waals surface area contributed by atoms with Crippen molar-refractivity contribution < 1.29 is 0 Å². The Hall–Kier alpha value is 0. The van der Waals surface area contributed by atoms with Crippen LogP contribution in [0.1, 0.15) is 52.4 Å². The molecule has 0 aliphatic heterocycles. The van der Waals surface area contributed by atoms with Crippen LogP contribution in [0.2, 0.25) is 0 Å². The summed E-state index contributed by atoms with van der Waals surface area (Å²) >= 11 is 0. The van der Waals surface area contributed by atoms with Gasteiger partial charge in [-0.3, -0.25) is 0 Å². The summed E-state index contributed by atoms with van der Waals surface area (Å²) in [4.78, 5) is 0. The maximum atomic E-state index is 2.49. The highest BCUT2D eigenvalue weighted by Crippen LogP contribution is 2.31. The zero-order valence-corrected chi connectivity index (χ0v) is 7.97. The lowest BCUT2D eigenvalue weighted by Crippen LogP contribution is -2.15. The minimum Gasteiger partial charge on any atom is -0.0654 e. The SMILES string of the molecule is CCCC(C)C1C[CH]CCC1. The fourth-order valence-electron chi connectivity index (χ4n) is 2.18. The molecule has 1 radical (unpaired) electrons. The first-order chi connectivity index (χ1) is 5.34. The summed E-state index contributed by atoms with van der Waals surface area (Å²) in [6, 6.07) is 0. The first-order valence-corrected chi connectivity index (χ1v) is 5.16. The Morgan fingerprint density at radius 3 is 2.91 bits per heavy atom. The molecule has 0 saturated heterocycles. The Bertz CT molecular complexity index is 90.2. The molecule has 1 fully saturated rings. The quantitative estimate of drug-likeness (QED) is 0.578. The van der Waals surface area contributed by atoms with Crippen molar-refractivity contribution in [2.45, 2.75) is 52.4 Å². The molecule has 0 aromatic heterocycles. The molecule has 0 N–H and O–H groups in total. The molecule has 0 aromatic rings. The maximum absolute atomic E-state index is 2.49. The molecule has 65 valence electrons. The van der Waals surface area contributed by atoms with E-state index in [0.717, 1.165) is 11.8 Å². The molecule has 1 rings (SSSR count). The van der Waals surface area contributed by atoms with Crippen molar-refractivity contribution in [1.82, 2.24) is 0 Å². The molecule has 0 nitrogen and oxygen atoms in total. The molecule has 1 aliphatic carbocycles. The second-order valence-electron chi connectivity index (χ2n) is 3.98. The van der Waals surface area contributed by atoms with Crippen molar-refractivity contribution in [2.24, 2.45) is 11.8 Å². The molecule has 0 aromatic carbocycles. The molecule has 0 bridgehead atoms.